The molecule has 0 aliphatic heterocycles. The number of carbonyl (C=O) groups is 1. The van der Waals surface area contributed by atoms with Crippen molar-refractivity contribution in [3.8, 4) is 0 Å². The first-order valence-electron chi connectivity index (χ1n) is 5.76. The fraction of sp³-hybridized carbons (Fsp3) is 0. The first-order chi connectivity index (χ1) is 8.90. The Morgan fingerprint density at radius 1 is 0.889 bits per heavy atom. The zero-order chi connectivity index (χ0) is 12.4. The molecule has 0 radical (unpaired) electrons. The summed E-state index contributed by atoms with van der Waals surface area (Å²) in [6.07, 6.45) is 4.51. The van der Waals surface area contributed by atoms with Gasteiger partial charge in [0.15, 0.2) is 0 Å². The highest BCUT2D eigenvalue weighted by molar-refractivity contribution is 5.98. The predicted octanol–water partition coefficient (Wildman–Crippen LogP) is 3.07. The predicted molar refractivity (Wildman–Crippen MR) is 72.3 cm³/mol. The molecule has 18 heavy (non-hydrogen) atoms. The molecule has 1 heterocycles. The normalized spacial score (nSPS) is 10.4. The van der Waals surface area contributed by atoms with E-state index in [9.17, 15) is 4.79 Å². The van der Waals surface area contributed by atoms with Crippen molar-refractivity contribution in [2.75, 3.05) is 5.01 Å². The fourth-order valence-corrected chi connectivity index (χ4v) is 2.11. The molecule has 3 aromatic rings. The minimum atomic E-state index is 0.821. The van der Waals surface area contributed by atoms with Crippen molar-refractivity contribution in [2.45, 2.75) is 0 Å². The van der Waals surface area contributed by atoms with Gasteiger partial charge in [0.2, 0.25) is 6.41 Å². The summed E-state index contributed by atoms with van der Waals surface area (Å²) in [5.74, 6) is 0. The summed E-state index contributed by atoms with van der Waals surface area (Å²) in [6, 6.07) is 17.7. The molecule has 3 nitrogen and oxygen atoms in total. The number of rotatable bonds is 3. The Bertz CT molecular complexity index is 669. The summed E-state index contributed by atoms with van der Waals surface area (Å²) in [5, 5.41) is 3.76. The van der Waals surface area contributed by atoms with E-state index in [1.807, 2.05) is 67.0 Å². The number of hydrogen-bond acceptors (Lipinski definition) is 1. The number of aromatic nitrogens is 1. The highest BCUT2D eigenvalue weighted by Crippen LogP contribution is 2.26. The molecular formula is C15H12N2O. The van der Waals surface area contributed by atoms with Crippen LogP contribution in [0.5, 0.6) is 0 Å². The number of nitrogens with zero attached hydrogens (tertiary/aromatic N) is 2. The van der Waals surface area contributed by atoms with E-state index in [1.54, 1.807) is 9.69 Å². The van der Waals surface area contributed by atoms with Gasteiger partial charge in [0.1, 0.15) is 0 Å². The third-order valence-corrected chi connectivity index (χ3v) is 2.95. The Labute approximate surface area is 105 Å². The maximum atomic E-state index is 11.4. The van der Waals surface area contributed by atoms with Gasteiger partial charge in [-0.05, 0) is 23.6 Å². The average Bonchev–Trinajstić information content (AvgIpc) is 2.94. The molecule has 3 rings (SSSR count). The highest BCUT2D eigenvalue weighted by Gasteiger charge is 2.09. The maximum absolute atomic E-state index is 11.4. The van der Waals surface area contributed by atoms with Crippen molar-refractivity contribution in [3.63, 3.8) is 0 Å². The van der Waals surface area contributed by atoms with Crippen LogP contribution >= 0.6 is 0 Å². The van der Waals surface area contributed by atoms with E-state index in [0.29, 0.717) is 0 Å². The van der Waals surface area contributed by atoms with E-state index in [0.717, 1.165) is 22.9 Å². The smallest absolute Gasteiger partial charge is 0.233 e. The Hall–Kier alpha value is -2.55. The van der Waals surface area contributed by atoms with Gasteiger partial charge < -0.3 is 0 Å². The first-order valence-corrected chi connectivity index (χ1v) is 5.76. The number of carbonyl (C=O) groups excluding carboxylic acids is 1. The van der Waals surface area contributed by atoms with E-state index >= 15 is 0 Å². The van der Waals surface area contributed by atoms with Gasteiger partial charge in [-0.3, -0.25) is 9.47 Å². The molecule has 0 saturated carbocycles. The van der Waals surface area contributed by atoms with Crippen LogP contribution in [0.15, 0.2) is 67.0 Å². The number of anilines is 1. The van der Waals surface area contributed by atoms with E-state index < -0.39 is 0 Å². The first kappa shape index (κ1) is 10.6. The van der Waals surface area contributed by atoms with E-state index in [-0.39, 0.29) is 0 Å². The Balaban J connectivity index is 2.21. The summed E-state index contributed by atoms with van der Waals surface area (Å²) in [5.41, 5.74) is 0.874. The number of hydrogen-bond donors (Lipinski definition) is 0. The molecule has 0 fully saturated rings. The Morgan fingerprint density at radius 3 is 2.39 bits per heavy atom. The van der Waals surface area contributed by atoms with Crippen LogP contribution in [0.4, 0.5) is 5.69 Å². The molecule has 88 valence electrons. The molecular weight excluding hydrogens is 224 g/mol. The van der Waals surface area contributed by atoms with Crippen molar-refractivity contribution in [2.24, 2.45) is 0 Å². The molecule has 0 unspecified atom stereocenters. The van der Waals surface area contributed by atoms with Crippen molar-refractivity contribution < 1.29 is 4.79 Å². The number of benzene rings is 2. The Morgan fingerprint density at radius 2 is 1.61 bits per heavy atom. The lowest BCUT2D eigenvalue weighted by Crippen LogP contribution is -2.26. The van der Waals surface area contributed by atoms with Crippen molar-refractivity contribution in [1.82, 2.24) is 4.68 Å². The summed E-state index contributed by atoms with van der Waals surface area (Å²) >= 11 is 0. The van der Waals surface area contributed by atoms with Crippen LogP contribution in [-0.2, 0) is 4.79 Å². The summed E-state index contributed by atoms with van der Waals surface area (Å²) in [7, 11) is 0. The van der Waals surface area contributed by atoms with Gasteiger partial charge >= 0.3 is 0 Å². The van der Waals surface area contributed by atoms with Crippen molar-refractivity contribution in [1.29, 1.82) is 0 Å². The third-order valence-electron chi connectivity index (χ3n) is 2.95. The number of fused-ring (bicyclic) bond motifs is 1. The standard InChI is InChI=1S/C15H12N2O/c18-12-17(16-10-3-4-11-16)15-9-5-7-13-6-1-2-8-14(13)15/h1-12H. The van der Waals surface area contributed by atoms with Crippen LogP contribution < -0.4 is 5.01 Å². The fourth-order valence-electron chi connectivity index (χ4n) is 2.11. The molecule has 0 saturated heterocycles. The van der Waals surface area contributed by atoms with Gasteiger partial charge in [0.25, 0.3) is 0 Å². The van der Waals surface area contributed by atoms with Gasteiger partial charge in [-0.1, -0.05) is 36.4 Å². The number of amides is 1. The van der Waals surface area contributed by atoms with Crippen LogP contribution in [0.1, 0.15) is 0 Å². The summed E-state index contributed by atoms with van der Waals surface area (Å²) in [6.45, 7) is 0. The molecule has 0 spiro atoms. The maximum Gasteiger partial charge on any atom is 0.233 e. The van der Waals surface area contributed by atoms with Crippen molar-refractivity contribution in [3.05, 3.63) is 67.0 Å². The minimum Gasteiger partial charge on any atom is -0.276 e. The third kappa shape index (κ3) is 1.66. The second-order valence-corrected chi connectivity index (χ2v) is 4.01. The zero-order valence-electron chi connectivity index (χ0n) is 9.73. The molecule has 0 aliphatic carbocycles. The lowest BCUT2D eigenvalue weighted by atomic mass is 10.1. The summed E-state index contributed by atoms with van der Waals surface area (Å²) in [4.78, 5) is 11.4. The van der Waals surface area contributed by atoms with Crippen LogP contribution in [0.25, 0.3) is 10.8 Å². The molecule has 0 N–H and O–H groups in total. The van der Waals surface area contributed by atoms with Gasteiger partial charge in [0, 0.05) is 17.8 Å². The SMILES string of the molecule is O=CN(c1cccc2ccccc12)n1cccc1. The highest BCUT2D eigenvalue weighted by atomic mass is 16.1. The van der Waals surface area contributed by atoms with E-state index in [2.05, 4.69) is 0 Å². The zero-order valence-corrected chi connectivity index (χ0v) is 9.73. The van der Waals surface area contributed by atoms with E-state index in [1.165, 1.54) is 0 Å². The molecule has 0 atom stereocenters. The lowest BCUT2D eigenvalue weighted by Gasteiger charge is -2.20. The molecule has 0 bridgehead atoms. The average molecular weight is 236 g/mol. The van der Waals surface area contributed by atoms with Gasteiger partial charge in [0.05, 0.1) is 5.69 Å². The minimum absolute atomic E-state index is 0.821. The lowest BCUT2D eigenvalue weighted by molar-refractivity contribution is -0.108. The second kappa shape index (κ2) is 4.37. The Kier molecular flexibility index (Phi) is 2.57. The molecule has 0 aliphatic rings. The van der Waals surface area contributed by atoms with E-state index in [4.69, 9.17) is 0 Å². The van der Waals surface area contributed by atoms with Crippen LogP contribution in [0.2, 0.25) is 0 Å². The van der Waals surface area contributed by atoms with Crippen LogP contribution in [0, 0.1) is 0 Å². The van der Waals surface area contributed by atoms with Gasteiger partial charge in [-0.25, -0.2) is 5.01 Å². The van der Waals surface area contributed by atoms with Gasteiger partial charge in [-0.2, -0.15) is 0 Å². The van der Waals surface area contributed by atoms with Gasteiger partial charge in [-0.15, -0.1) is 0 Å². The molecule has 2 aromatic carbocycles. The quantitative estimate of drug-likeness (QED) is 0.641. The topological polar surface area (TPSA) is 25.2 Å². The molecule has 1 aromatic heterocycles. The largest absolute Gasteiger partial charge is 0.276 e. The van der Waals surface area contributed by atoms with Crippen LogP contribution in [0.3, 0.4) is 0 Å². The van der Waals surface area contributed by atoms with Crippen LogP contribution in [-0.4, -0.2) is 11.1 Å². The second-order valence-electron chi connectivity index (χ2n) is 4.01. The van der Waals surface area contributed by atoms with Crippen molar-refractivity contribution >= 4 is 22.9 Å². The summed E-state index contributed by atoms with van der Waals surface area (Å²) < 4.78 is 1.76. The molecule has 3 heteroatoms. The molecule has 1 amide bonds. The monoisotopic (exact) mass is 236 g/mol.